The highest BCUT2D eigenvalue weighted by Crippen LogP contribution is 2.35. The number of hydrogen-bond acceptors (Lipinski definition) is 5. The summed E-state index contributed by atoms with van der Waals surface area (Å²) in [7, 11) is 1.57. The van der Waals surface area contributed by atoms with Gasteiger partial charge in [-0.2, -0.15) is 0 Å². The number of benzene rings is 1. The van der Waals surface area contributed by atoms with Gasteiger partial charge in [-0.25, -0.2) is 0 Å². The Labute approximate surface area is 150 Å². The first-order valence-electron chi connectivity index (χ1n) is 8.17. The van der Waals surface area contributed by atoms with Crippen molar-refractivity contribution in [2.75, 3.05) is 20.2 Å². The highest BCUT2D eigenvalue weighted by Gasteiger charge is 2.50. The molecule has 3 rings (SSSR count). The number of carbonyl (C=O) groups is 2. The van der Waals surface area contributed by atoms with Crippen molar-refractivity contribution < 1.29 is 18.7 Å². The van der Waals surface area contributed by atoms with Crippen molar-refractivity contribution in [3.63, 3.8) is 0 Å². The summed E-state index contributed by atoms with van der Waals surface area (Å²) in [6.07, 6.45) is 0.404. The molecule has 2 amide bonds. The summed E-state index contributed by atoms with van der Waals surface area (Å²) in [6, 6.07) is 9.85. The minimum absolute atomic E-state index is 0.0329. The van der Waals surface area contributed by atoms with Gasteiger partial charge in [0.05, 0.1) is 12.5 Å². The van der Waals surface area contributed by atoms with Crippen LogP contribution in [0.3, 0.4) is 0 Å². The highest BCUT2D eigenvalue weighted by atomic mass is 16.5. The molecule has 136 valence electrons. The van der Waals surface area contributed by atoms with E-state index in [1.165, 1.54) is 11.0 Å². The maximum absolute atomic E-state index is 12.5. The van der Waals surface area contributed by atoms with Crippen LogP contribution in [0, 0.1) is 12.3 Å². The molecule has 1 aliphatic heterocycles. The smallest absolute Gasteiger partial charge is 0.289 e. The third-order valence-corrected chi connectivity index (χ3v) is 4.57. The van der Waals surface area contributed by atoms with Gasteiger partial charge in [0.2, 0.25) is 5.91 Å². The molecule has 0 unspecified atom stereocenters. The predicted octanol–water partition coefficient (Wildman–Crippen LogP) is 1.13. The first-order chi connectivity index (χ1) is 12.3. The van der Waals surface area contributed by atoms with Crippen molar-refractivity contribution in [1.82, 2.24) is 4.90 Å². The molecule has 0 atom stereocenters. The maximum atomic E-state index is 12.5. The summed E-state index contributed by atoms with van der Waals surface area (Å²) in [5.74, 6) is 0.132. The first kappa shape index (κ1) is 17.7. The van der Waals surface area contributed by atoms with Crippen molar-refractivity contribution >= 4 is 11.8 Å². The fourth-order valence-electron chi connectivity index (χ4n) is 3.22. The van der Waals surface area contributed by atoms with E-state index in [2.05, 4.69) is 0 Å². The summed E-state index contributed by atoms with van der Waals surface area (Å²) >= 11 is 0. The molecule has 7 nitrogen and oxygen atoms in total. The van der Waals surface area contributed by atoms with Crippen LogP contribution in [0.1, 0.15) is 21.9 Å². The molecular formula is C19H20N2O5. The Bertz CT molecular complexity index is 912. The van der Waals surface area contributed by atoms with Gasteiger partial charge in [-0.3, -0.25) is 14.4 Å². The zero-order valence-electron chi connectivity index (χ0n) is 14.7. The minimum Gasteiger partial charge on any atom is -0.497 e. The van der Waals surface area contributed by atoms with Gasteiger partial charge in [0.25, 0.3) is 5.91 Å². The third-order valence-electron chi connectivity index (χ3n) is 4.57. The summed E-state index contributed by atoms with van der Waals surface area (Å²) in [4.78, 5) is 37.6. The standard InChI is InChI=1S/C19H20N2O5/c1-12-6-14(22)8-16(26-12)17(23)21-10-19(11-21,18(20)24)9-13-4-3-5-15(7-13)25-2/h3-8H,9-11H2,1-2H3,(H2,20,24). The van der Waals surface area contributed by atoms with E-state index in [1.54, 1.807) is 14.0 Å². The van der Waals surface area contributed by atoms with Crippen LogP contribution in [0.25, 0.3) is 0 Å². The third kappa shape index (κ3) is 3.33. The van der Waals surface area contributed by atoms with Crippen LogP contribution < -0.4 is 15.9 Å². The van der Waals surface area contributed by atoms with Gasteiger partial charge in [0.15, 0.2) is 11.2 Å². The van der Waals surface area contributed by atoms with E-state index in [9.17, 15) is 14.4 Å². The molecule has 2 aromatic rings. The van der Waals surface area contributed by atoms with Crippen LogP contribution in [-0.4, -0.2) is 36.9 Å². The Morgan fingerprint density at radius 2 is 2.00 bits per heavy atom. The number of rotatable bonds is 5. The fourth-order valence-corrected chi connectivity index (χ4v) is 3.22. The SMILES string of the molecule is COc1cccc(CC2(C(N)=O)CN(C(=O)c3cc(=O)cc(C)o3)C2)c1. The predicted molar refractivity (Wildman–Crippen MR) is 93.9 cm³/mol. The van der Waals surface area contributed by atoms with Crippen LogP contribution in [0.15, 0.2) is 45.6 Å². The molecule has 1 fully saturated rings. The second-order valence-electron chi connectivity index (χ2n) is 6.60. The Balaban J connectivity index is 1.77. The lowest BCUT2D eigenvalue weighted by molar-refractivity contribution is -0.135. The Hall–Kier alpha value is -3.09. The van der Waals surface area contributed by atoms with Crippen LogP contribution in [0.2, 0.25) is 0 Å². The zero-order chi connectivity index (χ0) is 18.9. The molecule has 2 heterocycles. The van der Waals surface area contributed by atoms with Gasteiger partial charge in [-0.15, -0.1) is 0 Å². The molecular weight excluding hydrogens is 336 g/mol. The molecule has 0 radical (unpaired) electrons. The van der Waals surface area contributed by atoms with E-state index in [-0.39, 0.29) is 24.3 Å². The molecule has 1 aromatic heterocycles. The molecule has 26 heavy (non-hydrogen) atoms. The van der Waals surface area contributed by atoms with Crippen molar-refractivity contribution in [3.8, 4) is 5.75 Å². The minimum atomic E-state index is -0.841. The lowest BCUT2D eigenvalue weighted by Crippen LogP contribution is -2.64. The van der Waals surface area contributed by atoms with E-state index in [0.717, 1.165) is 11.6 Å². The zero-order valence-corrected chi connectivity index (χ0v) is 14.7. The number of ether oxygens (including phenoxy) is 1. The molecule has 0 spiro atoms. The number of likely N-dealkylation sites (tertiary alicyclic amines) is 1. The van der Waals surface area contributed by atoms with Gasteiger partial charge in [-0.05, 0) is 31.0 Å². The van der Waals surface area contributed by atoms with Crippen molar-refractivity contribution in [2.24, 2.45) is 11.1 Å². The maximum Gasteiger partial charge on any atom is 0.289 e. The molecule has 0 bridgehead atoms. The van der Waals surface area contributed by atoms with Gasteiger partial charge in [-0.1, -0.05) is 12.1 Å². The van der Waals surface area contributed by atoms with Crippen LogP contribution in [0.4, 0.5) is 0 Å². The quantitative estimate of drug-likeness (QED) is 0.865. The Morgan fingerprint density at radius 3 is 2.62 bits per heavy atom. The Kier molecular flexibility index (Phi) is 4.54. The lowest BCUT2D eigenvalue weighted by atomic mass is 9.74. The van der Waals surface area contributed by atoms with Crippen LogP contribution >= 0.6 is 0 Å². The van der Waals surface area contributed by atoms with E-state index in [0.29, 0.717) is 17.9 Å². The van der Waals surface area contributed by atoms with E-state index >= 15 is 0 Å². The molecule has 0 aliphatic carbocycles. The number of nitrogens with zero attached hydrogens (tertiary/aromatic N) is 1. The summed E-state index contributed by atoms with van der Waals surface area (Å²) in [5.41, 5.74) is 5.38. The van der Waals surface area contributed by atoms with E-state index < -0.39 is 17.2 Å². The lowest BCUT2D eigenvalue weighted by Gasteiger charge is -2.47. The average molecular weight is 356 g/mol. The molecule has 1 aromatic carbocycles. The molecule has 1 saturated heterocycles. The van der Waals surface area contributed by atoms with Crippen molar-refractivity contribution in [3.05, 3.63) is 63.7 Å². The summed E-state index contributed by atoms with van der Waals surface area (Å²) in [5, 5.41) is 0. The largest absolute Gasteiger partial charge is 0.497 e. The number of primary amides is 1. The first-order valence-corrected chi connectivity index (χ1v) is 8.17. The van der Waals surface area contributed by atoms with Gasteiger partial charge in [0.1, 0.15) is 11.5 Å². The van der Waals surface area contributed by atoms with Gasteiger partial charge >= 0.3 is 0 Å². The van der Waals surface area contributed by atoms with Gasteiger partial charge in [0, 0.05) is 25.2 Å². The number of methoxy groups -OCH3 is 1. The number of hydrogen-bond donors (Lipinski definition) is 1. The molecule has 1 aliphatic rings. The normalized spacial score (nSPS) is 15.2. The Morgan fingerprint density at radius 1 is 1.27 bits per heavy atom. The van der Waals surface area contributed by atoms with E-state index in [4.69, 9.17) is 14.9 Å². The molecule has 2 N–H and O–H groups in total. The van der Waals surface area contributed by atoms with Gasteiger partial charge < -0.3 is 19.8 Å². The van der Waals surface area contributed by atoms with Crippen LogP contribution in [-0.2, 0) is 11.2 Å². The monoisotopic (exact) mass is 356 g/mol. The van der Waals surface area contributed by atoms with Crippen molar-refractivity contribution in [1.29, 1.82) is 0 Å². The van der Waals surface area contributed by atoms with Crippen molar-refractivity contribution in [2.45, 2.75) is 13.3 Å². The summed E-state index contributed by atoms with van der Waals surface area (Å²) < 4.78 is 10.5. The number of nitrogens with two attached hydrogens (primary N) is 1. The number of aryl methyl sites for hydroxylation is 1. The fraction of sp³-hybridized carbons (Fsp3) is 0.316. The number of amides is 2. The summed E-state index contributed by atoms with van der Waals surface area (Å²) in [6.45, 7) is 1.96. The second kappa shape index (κ2) is 6.67. The second-order valence-corrected chi connectivity index (χ2v) is 6.60. The number of carbonyl (C=O) groups excluding carboxylic acids is 2. The average Bonchev–Trinajstić information content (AvgIpc) is 2.56. The van der Waals surface area contributed by atoms with E-state index in [1.807, 2.05) is 24.3 Å². The van der Waals surface area contributed by atoms with Crippen LogP contribution in [0.5, 0.6) is 5.75 Å². The molecule has 0 saturated carbocycles. The molecule has 7 heteroatoms. The topological polar surface area (TPSA) is 103 Å². The highest BCUT2D eigenvalue weighted by molar-refractivity contribution is 5.94.